The molecule has 1 heterocycles. The molecule has 3 rings (SSSR count). The lowest BCUT2D eigenvalue weighted by Crippen LogP contribution is -2.49. The molecule has 33 heavy (non-hydrogen) atoms. The van der Waals surface area contributed by atoms with Gasteiger partial charge in [0.05, 0.1) is 29.8 Å². The number of nitro groups is 1. The molecule has 0 aliphatic carbocycles. The Labute approximate surface area is 193 Å². The summed E-state index contributed by atoms with van der Waals surface area (Å²) in [5.74, 6) is -2.68. The second kappa shape index (κ2) is 9.25. The third-order valence-electron chi connectivity index (χ3n) is 5.06. The number of halogens is 1. The van der Waals surface area contributed by atoms with E-state index in [0.717, 1.165) is 11.0 Å². The van der Waals surface area contributed by atoms with Gasteiger partial charge in [-0.1, -0.05) is 17.7 Å². The Kier molecular flexibility index (Phi) is 6.63. The largest absolute Gasteiger partial charge is 0.495 e. The van der Waals surface area contributed by atoms with Crippen molar-refractivity contribution in [3.05, 3.63) is 62.7 Å². The number of methoxy groups -OCH3 is 1. The van der Waals surface area contributed by atoms with Gasteiger partial charge in [0.25, 0.3) is 17.5 Å². The van der Waals surface area contributed by atoms with E-state index < -0.39 is 46.8 Å². The number of anilines is 1. The van der Waals surface area contributed by atoms with Gasteiger partial charge in [0.2, 0.25) is 11.8 Å². The van der Waals surface area contributed by atoms with Crippen LogP contribution in [-0.4, -0.2) is 65.1 Å². The quantitative estimate of drug-likeness (QED) is 0.369. The van der Waals surface area contributed by atoms with Gasteiger partial charge in [-0.3, -0.25) is 34.2 Å². The van der Waals surface area contributed by atoms with Gasteiger partial charge < -0.3 is 15.0 Å². The molecule has 0 aromatic heterocycles. The van der Waals surface area contributed by atoms with Gasteiger partial charge in [-0.15, -0.1) is 0 Å². The third-order valence-corrected chi connectivity index (χ3v) is 5.29. The van der Waals surface area contributed by atoms with E-state index in [-0.39, 0.29) is 11.1 Å². The lowest BCUT2D eigenvalue weighted by Gasteiger charge is -2.26. The summed E-state index contributed by atoms with van der Waals surface area (Å²) in [5.41, 5.74) is -0.726. The van der Waals surface area contributed by atoms with Crippen molar-refractivity contribution in [1.29, 1.82) is 0 Å². The minimum Gasteiger partial charge on any atom is -0.495 e. The van der Waals surface area contributed by atoms with Crippen LogP contribution in [0, 0.1) is 10.1 Å². The second-order valence-electron chi connectivity index (χ2n) is 7.20. The lowest BCUT2D eigenvalue weighted by molar-refractivity contribution is -0.385. The van der Waals surface area contributed by atoms with Crippen molar-refractivity contribution in [2.75, 3.05) is 26.0 Å². The normalized spacial score (nSPS) is 13.4. The standard InChI is InChI=1S/C21H19ClN4O7/c1-11(25-20(29)13-5-4-6-15(26(31)32)18(13)21(25)30)19(28)24(2)10-17(27)23-14-9-12(22)7-8-16(14)33-3/h4-9,11H,10H2,1-3H3,(H,23,27)/t11-/m0/s1. The van der Waals surface area contributed by atoms with Gasteiger partial charge in [-0.25, -0.2) is 0 Å². The molecule has 0 spiro atoms. The van der Waals surface area contributed by atoms with E-state index in [1.54, 1.807) is 12.1 Å². The number of hydrogen-bond donors (Lipinski definition) is 1. The number of hydrogen-bond acceptors (Lipinski definition) is 7. The average molecular weight is 475 g/mol. The minimum atomic E-state index is -1.30. The molecule has 0 saturated heterocycles. The summed E-state index contributed by atoms with van der Waals surface area (Å²) >= 11 is 5.94. The van der Waals surface area contributed by atoms with Crippen molar-refractivity contribution < 1.29 is 28.8 Å². The van der Waals surface area contributed by atoms with E-state index in [1.807, 2.05) is 0 Å². The zero-order valence-electron chi connectivity index (χ0n) is 17.8. The molecule has 2 aromatic rings. The van der Waals surface area contributed by atoms with Crippen LogP contribution in [0.2, 0.25) is 5.02 Å². The summed E-state index contributed by atoms with van der Waals surface area (Å²) in [6.07, 6.45) is 0. The Morgan fingerprint density at radius 3 is 2.58 bits per heavy atom. The molecule has 1 aliphatic rings. The van der Waals surface area contributed by atoms with Crippen LogP contribution in [0.25, 0.3) is 0 Å². The van der Waals surface area contributed by atoms with E-state index in [0.29, 0.717) is 21.4 Å². The molecular formula is C21H19ClN4O7. The Hall–Kier alpha value is -3.99. The number of nitro benzene ring substituents is 1. The highest BCUT2D eigenvalue weighted by Gasteiger charge is 2.45. The Morgan fingerprint density at radius 1 is 1.24 bits per heavy atom. The first-order chi connectivity index (χ1) is 15.6. The SMILES string of the molecule is COc1ccc(Cl)cc1NC(=O)CN(C)C(=O)[C@H](C)N1C(=O)c2cccc([N+](=O)[O-])c2C1=O. The van der Waals surface area contributed by atoms with Crippen molar-refractivity contribution in [3.8, 4) is 5.75 Å². The summed E-state index contributed by atoms with van der Waals surface area (Å²) in [6.45, 7) is 0.909. The first kappa shape index (κ1) is 23.7. The van der Waals surface area contributed by atoms with Crippen molar-refractivity contribution >= 4 is 46.6 Å². The van der Waals surface area contributed by atoms with Crippen molar-refractivity contribution in [2.45, 2.75) is 13.0 Å². The maximum absolute atomic E-state index is 12.9. The molecule has 12 heteroatoms. The zero-order chi connectivity index (χ0) is 24.4. The number of rotatable bonds is 7. The predicted octanol–water partition coefficient (Wildman–Crippen LogP) is 2.34. The molecule has 0 bridgehead atoms. The molecule has 2 aromatic carbocycles. The van der Waals surface area contributed by atoms with Gasteiger partial charge in [0.1, 0.15) is 17.4 Å². The Bertz CT molecular complexity index is 1180. The van der Waals surface area contributed by atoms with Crippen LogP contribution in [0.5, 0.6) is 5.75 Å². The molecule has 0 saturated carbocycles. The van der Waals surface area contributed by atoms with Crippen LogP contribution < -0.4 is 10.1 Å². The molecule has 1 N–H and O–H groups in total. The van der Waals surface area contributed by atoms with E-state index in [1.165, 1.54) is 39.3 Å². The van der Waals surface area contributed by atoms with Gasteiger partial charge in [-0.05, 0) is 31.2 Å². The Balaban J connectivity index is 1.73. The van der Waals surface area contributed by atoms with Crippen LogP contribution in [-0.2, 0) is 9.59 Å². The summed E-state index contributed by atoms with van der Waals surface area (Å²) in [7, 11) is 2.75. The Morgan fingerprint density at radius 2 is 1.94 bits per heavy atom. The van der Waals surface area contributed by atoms with Gasteiger partial charge >= 0.3 is 0 Å². The maximum atomic E-state index is 12.9. The fourth-order valence-corrected chi connectivity index (χ4v) is 3.65. The predicted molar refractivity (Wildman–Crippen MR) is 117 cm³/mol. The van der Waals surface area contributed by atoms with Gasteiger partial charge in [0.15, 0.2) is 0 Å². The van der Waals surface area contributed by atoms with E-state index in [9.17, 15) is 29.3 Å². The number of nitrogens with one attached hydrogen (secondary N) is 1. The highest BCUT2D eigenvalue weighted by Crippen LogP contribution is 2.32. The molecule has 172 valence electrons. The van der Waals surface area contributed by atoms with E-state index in [4.69, 9.17) is 16.3 Å². The van der Waals surface area contributed by atoms with Crippen LogP contribution in [0.1, 0.15) is 27.6 Å². The molecular weight excluding hydrogens is 456 g/mol. The highest BCUT2D eigenvalue weighted by molar-refractivity contribution is 6.31. The molecule has 1 aliphatic heterocycles. The first-order valence-corrected chi connectivity index (χ1v) is 9.98. The third kappa shape index (κ3) is 4.48. The number of carbonyl (C=O) groups excluding carboxylic acids is 4. The molecule has 1 atom stereocenters. The molecule has 0 fully saturated rings. The molecule has 4 amide bonds. The smallest absolute Gasteiger partial charge is 0.282 e. The van der Waals surface area contributed by atoms with Gasteiger partial charge in [0, 0.05) is 18.1 Å². The number of carbonyl (C=O) groups is 4. The lowest BCUT2D eigenvalue weighted by atomic mass is 10.1. The van der Waals surface area contributed by atoms with E-state index in [2.05, 4.69) is 5.32 Å². The number of ether oxygens (including phenoxy) is 1. The number of fused-ring (bicyclic) bond motifs is 1. The topological polar surface area (TPSA) is 139 Å². The zero-order valence-corrected chi connectivity index (χ0v) is 18.6. The van der Waals surface area contributed by atoms with Crippen LogP contribution in [0.4, 0.5) is 11.4 Å². The average Bonchev–Trinajstić information content (AvgIpc) is 3.02. The maximum Gasteiger partial charge on any atom is 0.282 e. The summed E-state index contributed by atoms with van der Waals surface area (Å²) in [5, 5.41) is 14.2. The molecule has 11 nitrogen and oxygen atoms in total. The second-order valence-corrected chi connectivity index (χ2v) is 7.64. The van der Waals surface area contributed by atoms with E-state index >= 15 is 0 Å². The fourth-order valence-electron chi connectivity index (χ4n) is 3.48. The number of nitrogens with zero attached hydrogens (tertiary/aromatic N) is 3. The summed E-state index contributed by atoms with van der Waals surface area (Å²) in [6, 6.07) is 7.02. The summed E-state index contributed by atoms with van der Waals surface area (Å²) < 4.78 is 5.16. The van der Waals surface area contributed by atoms with Crippen molar-refractivity contribution in [2.24, 2.45) is 0 Å². The monoisotopic (exact) mass is 474 g/mol. The van der Waals surface area contributed by atoms with Crippen LogP contribution in [0.15, 0.2) is 36.4 Å². The van der Waals surface area contributed by atoms with Crippen LogP contribution >= 0.6 is 11.6 Å². The number of imide groups is 1. The molecule has 0 unspecified atom stereocenters. The first-order valence-electron chi connectivity index (χ1n) is 9.60. The minimum absolute atomic E-state index is 0.151. The molecule has 0 radical (unpaired) electrons. The van der Waals surface area contributed by atoms with Crippen molar-refractivity contribution in [3.63, 3.8) is 0 Å². The van der Waals surface area contributed by atoms with Crippen LogP contribution in [0.3, 0.4) is 0 Å². The highest BCUT2D eigenvalue weighted by atomic mass is 35.5. The van der Waals surface area contributed by atoms with Gasteiger partial charge in [-0.2, -0.15) is 0 Å². The number of amides is 4. The van der Waals surface area contributed by atoms with Crippen molar-refractivity contribution in [1.82, 2.24) is 9.80 Å². The summed E-state index contributed by atoms with van der Waals surface area (Å²) in [4.78, 5) is 63.0. The fraction of sp³-hybridized carbons (Fsp3) is 0.238. The number of likely N-dealkylation sites (N-methyl/N-ethyl adjacent to an activating group) is 1. The number of benzene rings is 2.